The number of halogens is 2. The molecular weight excluding hydrogens is 376 g/mol. The number of carbonyl (C=O) groups excluding carboxylic acids is 1. The van der Waals surface area contributed by atoms with Gasteiger partial charge >= 0.3 is 0 Å². The second kappa shape index (κ2) is 7.75. The Kier molecular flexibility index (Phi) is 5.59. The Hall–Kier alpha value is -2.29. The summed E-state index contributed by atoms with van der Waals surface area (Å²) in [7, 11) is -3.00. The van der Waals surface area contributed by atoms with Crippen molar-refractivity contribution in [2.75, 3.05) is 18.1 Å². The quantitative estimate of drug-likeness (QED) is 0.812. The van der Waals surface area contributed by atoms with Crippen molar-refractivity contribution in [1.82, 2.24) is 15.1 Å². The Labute approximate surface area is 156 Å². The maximum Gasteiger partial charge on any atom is 0.274 e. The summed E-state index contributed by atoms with van der Waals surface area (Å²) in [6.07, 6.45) is 1.08. The van der Waals surface area contributed by atoms with E-state index in [9.17, 15) is 22.0 Å². The zero-order chi connectivity index (χ0) is 19.6. The summed E-state index contributed by atoms with van der Waals surface area (Å²) in [6, 6.07) is 4.73. The largest absolute Gasteiger partial charge is 0.333 e. The number of rotatable bonds is 6. The minimum Gasteiger partial charge on any atom is -0.333 e. The lowest BCUT2D eigenvalue weighted by Gasteiger charge is -2.23. The number of aryl methyl sites for hydroxylation is 1. The Bertz CT molecular complexity index is 923. The molecule has 0 aliphatic carbocycles. The van der Waals surface area contributed by atoms with E-state index in [1.54, 1.807) is 13.0 Å². The summed E-state index contributed by atoms with van der Waals surface area (Å²) < 4.78 is 50.3. The fourth-order valence-electron chi connectivity index (χ4n) is 3.30. The van der Waals surface area contributed by atoms with Crippen LogP contribution >= 0.6 is 0 Å². The molecular formula is C18H21F2N3O3S. The second-order valence-corrected chi connectivity index (χ2v) is 9.23. The smallest absolute Gasteiger partial charge is 0.274 e. The van der Waals surface area contributed by atoms with Crippen LogP contribution in [0.4, 0.5) is 8.78 Å². The molecule has 0 radical (unpaired) electrons. The molecule has 2 heterocycles. The van der Waals surface area contributed by atoms with Crippen molar-refractivity contribution in [2.45, 2.75) is 26.3 Å². The lowest BCUT2D eigenvalue weighted by Crippen LogP contribution is -2.33. The van der Waals surface area contributed by atoms with Crippen LogP contribution in [0.15, 0.2) is 24.3 Å². The third-order valence-electron chi connectivity index (χ3n) is 4.64. The van der Waals surface area contributed by atoms with E-state index in [2.05, 4.69) is 10.2 Å². The van der Waals surface area contributed by atoms with E-state index in [1.807, 2.05) is 0 Å². The van der Waals surface area contributed by atoms with Gasteiger partial charge in [-0.2, -0.15) is 5.10 Å². The van der Waals surface area contributed by atoms with E-state index in [0.29, 0.717) is 18.4 Å². The van der Waals surface area contributed by atoms with Gasteiger partial charge in [0.05, 0.1) is 11.5 Å². The van der Waals surface area contributed by atoms with Crippen molar-refractivity contribution < 1.29 is 22.0 Å². The predicted octanol–water partition coefficient (Wildman–Crippen LogP) is 2.46. The summed E-state index contributed by atoms with van der Waals surface area (Å²) in [5, 5.41) is 6.65. The summed E-state index contributed by atoms with van der Waals surface area (Å²) in [6.45, 7) is 2.06. The molecule has 1 atom stereocenters. The SMILES string of the molecule is Cc1cc(C(=O)N(CCC2CCS(=O)(=O)C2)Cc2cc(F)cc(F)c2)n[nH]1. The van der Waals surface area contributed by atoms with Crippen molar-refractivity contribution >= 4 is 15.7 Å². The average Bonchev–Trinajstić information content (AvgIpc) is 3.15. The standard InChI is InChI=1S/C18H21F2N3O3S/c1-12-6-17(22-21-12)18(24)23(4-2-13-3-5-27(25,26)11-13)10-14-7-15(19)9-16(20)8-14/h6-9,13H,2-5,10-11H2,1H3,(H,21,22). The van der Waals surface area contributed by atoms with Gasteiger partial charge in [0.2, 0.25) is 0 Å². The van der Waals surface area contributed by atoms with Gasteiger partial charge in [0.15, 0.2) is 9.84 Å². The van der Waals surface area contributed by atoms with Crippen LogP contribution in [0.5, 0.6) is 0 Å². The molecule has 1 fully saturated rings. The van der Waals surface area contributed by atoms with Crippen LogP contribution in [-0.4, -0.2) is 47.5 Å². The normalized spacial score (nSPS) is 18.6. The molecule has 27 heavy (non-hydrogen) atoms. The summed E-state index contributed by atoms with van der Waals surface area (Å²) in [4.78, 5) is 14.3. The van der Waals surface area contributed by atoms with Gasteiger partial charge in [-0.15, -0.1) is 0 Å². The van der Waals surface area contributed by atoms with Crippen molar-refractivity contribution in [3.05, 3.63) is 52.9 Å². The maximum atomic E-state index is 13.5. The first-order valence-corrected chi connectivity index (χ1v) is 10.5. The third-order valence-corrected chi connectivity index (χ3v) is 6.48. The summed E-state index contributed by atoms with van der Waals surface area (Å²) in [5.74, 6) is -1.53. The monoisotopic (exact) mass is 397 g/mol. The predicted molar refractivity (Wildman–Crippen MR) is 95.8 cm³/mol. The van der Waals surface area contributed by atoms with Crippen LogP contribution in [-0.2, 0) is 16.4 Å². The van der Waals surface area contributed by atoms with Gasteiger partial charge in [0.1, 0.15) is 17.3 Å². The third kappa shape index (κ3) is 5.12. The van der Waals surface area contributed by atoms with E-state index < -0.39 is 21.5 Å². The topological polar surface area (TPSA) is 83.1 Å². The number of H-pyrrole nitrogens is 1. The Morgan fingerprint density at radius 2 is 1.96 bits per heavy atom. The zero-order valence-corrected chi connectivity index (χ0v) is 15.7. The van der Waals surface area contributed by atoms with Crippen molar-refractivity contribution in [2.24, 2.45) is 5.92 Å². The molecule has 1 aromatic carbocycles. The molecule has 1 unspecified atom stereocenters. The molecule has 1 aliphatic rings. The first-order chi connectivity index (χ1) is 12.7. The average molecular weight is 397 g/mol. The highest BCUT2D eigenvalue weighted by Gasteiger charge is 2.29. The van der Waals surface area contributed by atoms with Gasteiger partial charge in [-0.1, -0.05) is 0 Å². The van der Waals surface area contributed by atoms with E-state index in [0.717, 1.165) is 11.8 Å². The van der Waals surface area contributed by atoms with Gasteiger partial charge < -0.3 is 4.90 Å². The fraction of sp³-hybridized carbons (Fsp3) is 0.444. The van der Waals surface area contributed by atoms with E-state index in [1.165, 1.54) is 17.0 Å². The van der Waals surface area contributed by atoms with E-state index in [4.69, 9.17) is 0 Å². The number of benzene rings is 1. The van der Waals surface area contributed by atoms with Gasteiger partial charge in [0.25, 0.3) is 5.91 Å². The Morgan fingerprint density at radius 1 is 1.26 bits per heavy atom. The van der Waals surface area contributed by atoms with Crippen LogP contribution in [0.3, 0.4) is 0 Å². The van der Waals surface area contributed by atoms with Gasteiger partial charge in [-0.05, 0) is 49.4 Å². The molecule has 0 spiro atoms. The van der Waals surface area contributed by atoms with Gasteiger partial charge in [-0.25, -0.2) is 17.2 Å². The number of nitrogens with one attached hydrogen (secondary N) is 1. The molecule has 1 N–H and O–H groups in total. The van der Waals surface area contributed by atoms with Crippen molar-refractivity contribution in [3.63, 3.8) is 0 Å². The molecule has 0 saturated carbocycles. The molecule has 2 aromatic rings. The molecule has 1 aromatic heterocycles. The number of carbonyl (C=O) groups is 1. The highest BCUT2D eigenvalue weighted by Crippen LogP contribution is 2.23. The number of aromatic amines is 1. The summed E-state index contributed by atoms with van der Waals surface area (Å²) in [5.41, 5.74) is 1.26. The number of aromatic nitrogens is 2. The van der Waals surface area contributed by atoms with E-state index >= 15 is 0 Å². The minimum atomic E-state index is -3.00. The van der Waals surface area contributed by atoms with Crippen molar-refractivity contribution in [1.29, 1.82) is 0 Å². The Balaban J connectivity index is 1.76. The van der Waals surface area contributed by atoms with Crippen LogP contribution < -0.4 is 0 Å². The fourth-order valence-corrected chi connectivity index (χ4v) is 5.21. The number of nitrogens with zero attached hydrogens (tertiary/aromatic N) is 2. The van der Waals surface area contributed by atoms with Gasteiger partial charge in [0, 0.05) is 24.8 Å². The molecule has 6 nitrogen and oxygen atoms in total. The highest BCUT2D eigenvalue weighted by atomic mass is 32.2. The number of amides is 1. The lowest BCUT2D eigenvalue weighted by molar-refractivity contribution is 0.0728. The zero-order valence-electron chi connectivity index (χ0n) is 14.9. The minimum absolute atomic E-state index is 0.0128. The molecule has 0 bridgehead atoms. The maximum absolute atomic E-state index is 13.5. The highest BCUT2D eigenvalue weighted by molar-refractivity contribution is 7.91. The molecule has 1 saturated heterocycles. The summed E-state index contributed by atoms with van der Waals surface area (Å²) >= 11 is 0. The van der Waals surface area contributed by atoms with Crippen LogP contribution in [0.2, 0.25) is 0 Å². The Morgan fingerprint density at radius 3 is 2.52 bits per heavy atom. The molecule has 1 aliphatic heterocycles. The molecule has 9 heteroatoms. The number of hydrogen-bond donors (Lipinski definition) is 1. The number of sulfone groups is 1. The first-order valence-electron chi connectivity index (χ1n) is 8.68. The van der Waals surface area contributed by atoms with E-state index in [-0.39, 0.29) is 42.1 Å². The first kappa shape index (κ1) is 19.5. The second-order valence-electron chi connectivity index (χ2n) is 7.00. The lowest BCUT2D eigenvalue weighted by atomic mass is 10.0. The molecule has 146 valence electrons. The van der Waals surface area contributed by atoms with Crippen LogP contribution in [0, 0.1) is 24.5 Å². The van der Waals surface area contributed by atoms with Crippen molar-refractivity contribution in [3.8, 4) is 0 Å². The number of hydrogen-bond acceptors (Lipinski definition) is 4. The molecule has 1 amide bonds. The van der Waals surface area contributed by atoms with Gasteiger partial charge in [-0.3, -0.25) is 9.89 Å². The van der Waals surface area contributed by atoms with Crippen LogP contribution in [0.25, 0.3) is 0 Å². The van der Waals surface area contributed by atoms with Crippen LogP contribution in [0.1, 0.15) is 34.6 Å². The molecule has 3 rings (SSSR count).